The van der Waals surface area contributed by atoms with Gasteiger partial charge in [-0.15, -0.1) is 11.3 Å². The molecule has 3 rings (SSSR count). The van der Waals surface area contributed by atoms with Gasteiger partial charge < -0.3 is 5.11 Å². The molecule has 1 unspecified atom stereocenters. The van der Waals surface area contributed by atoms with Crippen molar-refractivity contribution in [3.8, 4) is 11.3 Å². The van der Waals surface area contributed by atoms with Gasteiger partial charge in [0.1, 0.15) is 16.9 Å². The van der Waals surface area contributed by atoms with Crippen LogP contribution in [0, 0.1) is 5.82 Å². The third-order valence-corrected chi connectivity index (χ3v) is 4.29. The van der Waals surface area contributed by atoms with Crippen LogP contribution < -0.4 is 0 Å². The minimum Gasteiger partial charge on any atom is -0.381 e. The highest BCUT2D eigenvalue weighted by Gasteiger charge is 2.16. The second-order valence-corrected chi connectivity index (χ2v) is 5.81. The van der Waals surface area contributed by atoms with Crippen LogP contribution in [0.2, 0.25) is 5.02 Å². The SMILES string of the molecule is OC(c1ccccc1)c1nc(-c2ccc(F)cc2Cl)cs1. The second-order valence-electron chi connectivity index (χ2n) is 4.51. The summed E-state index contributed by atoms with van der Waals surface area (Å²) in [5.74, 6) is -0.386. The molecule has 2 nitrogen and oxygen atoms in total. The first-order valence-corrected chi connectivity index (χ1v) is 7.55. The predicted molar refractivity (Wildman–Crippen MR) is 83.0 cm³/mol. The minimum absolute atomic E-state index is 0.307. The minimum atomic E-state index is -0.774. The Bertz CT molecular complexity index is 760. The molecule has 0 aliphatic rings. The standard InChI is InChI=1S/C16H11ClFNOS/c17-13-8-11(18)6-7-12(13)14-9-21-16(19-14)15(20)10-4-2-1-3-5-10/h1-9,15,20H. The number of aliphatic hydroxyl groups is 1. The van der Waals surface area contributed by atoms with Crippen molar-refractivity contribution in [3.63, 3.8) is 0 Å². The van der Waals surface area contributed by atoms with E-state index in [2.05, 4.69) is 4.98 Å². The van der Waals surface area contributed by atoms with E-state index < -0.39 is 6.10 Å². The van der Waals surface area contributed by atoms with Gasteiger partial charge in [-0.3, -0.25) is 0 Å². The van der Waals surface area contributed by atoms with Gasteiger partial charge >= 0.3 is 0 Å². The molecule has 0 amide bonds. The predicted octanol–water partition coefficient (Wildman–Crippen LogP) is 4.68. The third-order valence-electron chi connectivity index (χ3n) is 3.08. The maximum Gasteiger partial charge on any atom is 0.131 e. The molecule has 21 heavy (non-hydrogen) atoms. The van der Waals surface area contributed by atoms with Crippen molar-refractivity contribution in [2.75, 3.05) is 0 Å². The van der Waals surface area contributed by atoms with Crippen LogP contribution in [0.5, 0.6) is 0 Å². The Morgan fingerprint density at radius 1 is 1.14 bits per heavy atom. The van der Waals surface area contributed by atoms with E-state index in [4.69, 9.17) is 11.6 Å². The molecular weight excluding hydrogens is 309 g/mol. The molecule has 0 saturated heterocycles. The molecule has 1 aromatic heterocycles. The van der Waals surface area contributed by atoms with Gasteiger partial charge in [-0.1, -0.05) is 41.9 Å². The fraction of sp³-hybridized carbons (Fsp3) is 0.0625. The van der Waals surface area contributed by atoms with Gasteiger partial charge in [0.15, 0.2) is 0 Å². The van der Waals surface area contributed by atoms with Gasteiger partial charge in [0, 0.05) is 10.9 Å². The summed E-state index contributed by atoms with van der Waals surface area (Å²) in [6.07, 6.45) is -0.774. The summed E-state index contributed by atoms with van der Waals surface area (Å²) in [7, 11) is 0. The second kappa shape index (κ2) is 5.93. The van der Waals surface area contributed by atoms with Crippen molar-refractivity contribution in [1.29, 1.82) is 0 Å². The lowest BCUT2D eigenvalue weighted by Gasteiger charge is -2.07. The van der Waals surface area contributed by atoms with Crippen molar-refractivity contribution in [3.05, 3.63) is 75.3 Å². The molecule has 0 radical (unpaired) electrons. The largest absolute Gasteiger partial charge is 0.381 e. The third kappa shape index (κ3) is 2.97. The lowest BCUT2D eigenvalue weighted by molar-refractivity contribution is 0.220. The van der Waals surface area contributed by atoms with E-state index in [9.17, 15) is 9.50 Å². The van der Waals surface area contributed by atoms with Crippen LogP contribution in [0.4, 0.5) is 4.39 Å². The number of thiazole rings is 1. The summed E-state index contributed by atoms with van der Waals surface area (Å²) in [5.41, 5.74) is 2.07. The monoisotopic (exact) mass is 319 g/mol. The fourth-order valence-electron chi connectivity index (χ4n) is 2.01. The summed E-state index contributed by atoms with van der Waals surface area (Å²) >= 11 is 7.38. The van der Waals surface area contributed by atoms with Gasteiger partial charge in [0.05, 0.1) is 10.7 Å². The smallest absolute Gasteiger partial charge is 0.131 e. The Morgan fingerprint density at radius 3 is 2.62 bits per heavy atom. The summed E-state index contributed by atoms with van der Waals surface area (Å²) in [4.78, 5) is 4.41. The quantitative estimate of drug-likeness (QED) is 0.760. The van der Waals surface area contributed by atoms with Crippen LogP contribution in [0.15, 0.2) is 53.9 Å². The van der Waals surface area contributed by atoms with Crippen molar-refractivity contribution in [1.82, 2.24) is 4.98 Å². The van der Waals surface area contributed by atoms with E-state index in [1.807, 2.05) is 30.3 Å². The number of hydrogen-bond acceptors (Lipinski definition) is 3. The Labute approximate surface area is 130 Å². The molecule has 1 heterocycles. The highest BCUT2D eigenvalue weighted by atomic mass is 35.5. The number of hydrogen-bond donors (Lipinski definition) is 1. The first-order valence-electron chi connectivity index (χ1n) is 6.29. The van der Waals surface area contributed by atoms with Gasteiger partial charge in [0.25, 0.3) is 0 Å². The average molecular weight is 320 g/mol. The molecule has 2 aromatic carbocycles. The van der Waals surface area contributed by atoms with Gasteiger partial charge in [-0.25, -0.2) is 9.37 Å². The molecular formula is C16H11ClFNOS. The average Bonchev–Trinajstić information content (AvgIpc) is 2.97. The van der Waals surface area contributed by atoms with Crippen LogP contribution in [0.25, 0.3) is 11.3 Å². The van der Waals surface area contributed by atoms with Crippen LogP contribution in [-0.4, -0.2) is 10.1 Å². The first kappa shape index (κ1) is 14.2. The van der Waals surface area contributed by atoms with E-state index in [1.54, 1.807) is 11.4 Å². The molecule has 1 atom stereocenters. The van der Waals surface area contributed by atoms with Gasteiger partial charge in [-0.2, -0.15) is 0 Å². The topological polar surface area (TPSA) is 33.1 Å². The molecule has 5 heteroatoms. The lowest BCUT2D eigenvalue weighted by Crippen LogP contribution is -1.98. The fourth-order valence-corrected chi connectivity index (χ4v) is 3.10. The zero-order valence-electron chi connectivity index (χ0n) is 10.8. The highest BCUT2D eigenvalue weighted by Crippen LogP contribution is 2.32. The number of nitrogens with zero attached hydrogens (tertiary/aromatic N) is 1. The summed E-state index contributed by atoms with van der Waals surface area (Å²) in [6, 6.07) is 13.5. The van der Waals surface area contributed by atoms with E-state index in [1.165, 1.54) is 23.5 Å². The Morgan fingerprint density at radius 2 is 1.90 bits per heavy atom. The molecule has 0 aliphatic carbocycles. The number of benzene rings is 2. The van der Waals surface area contributed by atoms with Crippen LogP contribution in [0.1, 0.15) is 16.7 Å². The van der Waals surface area contributed by atoms with Gasteiger partial charge in [0.2, 0.25) is 0 Å². The molecule has 0 aliphatic heterocycles. The zero-order valence-corrected chi connectivity index (χ0v) is 12.4. The molecule has 0 spiro atoms. The van der Waals surface area contributed by atoms with Crippen LogP contribution in [0.3, 0.4) is 0 Å². The zero-order chi connectivity index (χ0) is 14.8. The van der Waals surface area contributed by atoms with Crippen molar-refractivity contribution in [2.24, 2.45) is 0 Å². The summed E-state index contributed by atoms with van der Waals surface area (Å²) in [6.45, 7) is 0. The summed E-state index contributed by atoms with van der Waals surface area (Å²) < 4.78 is 13.1. The molecule has 1 N–H and O–H groups in total. The van der Waals surface area contributed by atoms with E-state index in [-0.39, 0.29) is 5.82 Å². The van der Waals surface area contributed by atoms with E-state index in [0.717, 1.165) is 5.56 Å². The van der Waals surface area contributed by atoms with Crippen LogP contribution >= 0.6 is 22.9 Å². The molecule has 0 fully saturated rings. The van der Waals surface area contributed by atoms with Crippen molar-refractivity contribution < 1.29 is 9.50 Å². The lowest BCUT2D eigenvalue weighted by atomic mass is 10.1. The van der Waals surface area contributed by atoms with Crippen LogP contribution in [-0.2, 0) is 0 Å². The van der Waals surface area contributed by atoms with Crippen molar-refractivity contribution in [2.45, 2.75) is 6.10 Å². The Kier molecular flexibility index (Phi) is 4.01. The summed E-state index contributed by atoms with van der Waals surface area (Å²) in [5, 5.41) is 13.0. The normalized spacial score (nSPS) is 12.3. The first-order chi connectivity index (χ1) is 10.1. The Hall–Kier alpha value is -1.75. The number of aromatic nitrogens is 1. The van der Waals surface area contributed by atoms with Gasteiger partial charge in [-0.05, 0) is 23.8 Å². The van der Waals surface area contributed by atoms with E-state index in [0.29, 0.717) is 21.3 Å². The molecule has 106 valence electrons. The number of aliphatic hydroxyl groups excluding tert-OH is 1. The Balaban J connectivity index is 1.93. The maximum absolute atomic E-state index is 13.1. The van der Waals surface area contributed by atoms with E-state index >= 15 is 0 Å². The van der Waals surface area contributed by atoms with Crippen molar-refractivity contribution >= 4 is 22.9 Å². The molecule has 0 saturated carbocycles. The highest BCUT2D eigenvalue weighted by molar-refractivity contribution is 7.10. The maximum atomic E-state index is 13.1. The molecule has 0 bridgehead atoms. The number of rotatable bonds is 3. The number of halogens is 2. The molecule has 3 aromatic rings.